The normalized spacial score (nSPS) is 18.2. The minimum Gasteiger partial charge on any atom is -0.326 e. The van der Waals surface area contributed by atoms with Crippen molar-refractivity contribution in [2.24, 2.45) is 0 Å². The van der Waals surface area contributed by atoms with Gasteiger partial charge in [-0.2, -0.15) is 5.26 Å². The molecular weight excluding hydrogens is 346 g/mol. The zero-order valence-electron chi connectivity index (χ0n) is 16.0. The van der Waals surface area contributed by atoms with Gasteiger partial charge in [0.1, 0.15) is 6.04 Å². The van der Waals surface area contributed by atoms with Crippen LogP contribution in [0.25, 0.3) is 12.2 Å². The predicted molar refractivity (Wildman–Crippen MR) is 111 cm³/mol. The average molecular weight is 371 g/mol. The molecule has 0 unspecified atom stereocenters. The molecule has 2 aliphatic rings. The molecule has 0 spiro atoms. The van der Waals surface area contributed by atoms with Crippen LogP contribution >= 0.6 is 0 Å². The summed E-state index contributed by atoms with van der Waals surface area (Å²) in [6.07, 6.45) is 7.03. The van der Waals surface area contributed by atoms with Crippen LogP contribution in [0, 0.1) is 11.3 Å². The van der Waals surface area contributed by atoms with Crippen molar-refractivity contribution in [1.82, 2.24) is 10.2 Å². The molecule has 0 saturated carbocycles. The zero-order valence-corrected chi connectivity index (χ0v) is 16.0. The first kappa shape index (κ1) is 18.5. The Morgan fingerprint density at radius 1 is 1.07 bits per heavy atom. The summed E-state index contributed by atoms with van der Waals surface area (Å²) in [5.41, 5.74) is 5.18. The maximum absolute atomic E-state index is 12.4. The molecule has 0 radical (unpaired) electrons. The minimum atomic E-state index is -0.249. The number of carbonyl (C=O) groups is 1. The van der Waals surface area contributed by atoms with Crippen molar-refractivity contribution in [2.45, 2.75) is 31.2 Å². The third kappa shape index (κ3) is 3.72. The summed E-state index contributed by atoms with van der Waals surface area (Å²) >= 11 is 0. The van der Waals surface area contributed by atoms with Crippen molar-refractivity contribution in [3.8, 4) is 6.07 Å². The second kappa shape index (κ2) is 8.41. The van der Waals surface area contributed by atoms with Crippen LogP contribution in [0.1, 0.15) is 47.4 Å². The lowest BCUT2D eigenvalue weighted by molar-refractivity contribution is -0.130. The van der Waals surface area contributed by atoms with E-state index in [-0.39, 0.29) is 11.9 Å². The Morgan fingerprint density at radius 2 is 1.71 bits per heavy atom. The van der Waals surface area contributed by atoms with Crippen molar-refractivity contribution in [3.05, 3.63) is 70.8 Å². The molecule has 142 valence electrons. The van der Waals surface area contributed by atoms with Gasteiger partial charge in [0.2, 0.25) is 5.91 Å². The van der Waals surface area contributed by atoms with Gasteiger partial charge in [0, 0.05) is 12.5 Å². The number of hydrogen-bond acceptors (Lipinski definition) is 3. The first-order valence-electron chi connectivity index (χ1n) is 10.0. The number of rotatable bonds is 5. The van der Waals surface area contributed by atoms with Gasteiger partial charge < -0.3 is 10.2 Å². The maximum Gasteiger partial charge on any atom is 0.237 e. The van der Waals surface area contributed by atoms with Gasteiger partial charge >= 0.3 is 0 Å². The van der Waals surface area contributed by atoms with Crippen molar-refractivity contribution < 1.29 is 4.79 Å². The van der Waals surface area contributed by atoms with Gasteiger partial charge in [-0.05, 0) is 48.1 Å². The molecule has 1 saturated heterocycles. The van der Waals surface area contributed by atoms with Crippen molar-refractivity contribution in [3.63, 3.8) is 0 Å². The number of hydrogen-bond donors (Lipinski definition) is 1. The average Bonchev–Trinajstić information content (AvgIpc) is 3.16. The van der Waals surface area contributed by atoms with E-state index in [0.717, 1.165) is 25.8 Å². The van der Waals surface area contributed by atoms with Crippen LogP contribution in [0.5, 0.6) is 0 Å². The van der Waals surface area contributed by atoms with Gasteiger partial charge in [0.05, 0.1) is 12.6 Å². The fourth-order valence-electron chi connectivity index (χ4n) is 4.36. The number of nitrogens with one attached hydrogen (secondary N) is 1. The Balaban J connectivity index is 1.43. The van der Waals surface area contributed by atoms with E-state index in [4.69, 9.17) is 5.26 Å². The molecule has 2 aromatic carbocycles. The molecule has 4 rings (SSSR count). The van der Waals surface area contributed by atoms with Crippen LogP contribution in [0.2, 0.25) is 0 Å². The summed E-state index contributed by atoms with van der Waals surface area (Å²) in [6.45, 7) is 1.75. The van der Waals surface area contributed by atoms with Gasteiger partial charge in [-0.15, -0.1) is 0 Å². The number of nitriles is 1. The second-order valence-electron chi connectivity index (χ2n) is 7.48. The Kier molecular flexibility index (Phi) is 5.55. The number of likely N-dealkylation sites (tertiary alicyclic amines) is 1. The van der Waals surface area contributed by atoms with Crippen molar-refractivity contribution in [1.29, 1.82) is 5.26 Å². The molecule has 4 heteroatoms. The molecule has 1 N–H and O–H groups in total. The molecule has 1 atom stereocenters. The molecule has 1 amide bonds. The lowest BCUT2D eigenvalue weighted by Gasteiger charge is -2.22. The highest BCUT2D eigenvalue weighted by Gasteiger charge is 2.28. The van der Waals surface area contributed by atoms with Gasteiger partial charge in [0.15, 0.2) is 0 Å². The SMILES string of the molecule is N#C[C@@H]1CCCN1C(=O)CNCCC1c2ccccc2C=Cc2ccccc21. The summed E-state index contributed by atoms with van der Waals surface area (Å²) in [7, 11) is 0. The monoisotopic (exact) mass is 371 g/mol. The molecule has 28 heavy (non-hydrogen) atoms. The highest BCUT2D eigenvalue weighted by Crippen LogP contribution is 2.36. The van der Waals surface area contributed by atoms with E-state index < -0.39 is 0 Å². The van der Waals surface area contributed by atoms with Gasteiger partial charge in [-0.25, -0.2) is 0 Å². The summed E-state index contributed by atoms with van der Waals surface area (Å²) < 4.78 is 0. The van der Waals surface area contributed by atoms with E-state index in [2.05, 4.69) is 72.1 Å². The third-order valence-electron chi connectivity index (χ3n) is 5.79. The molecule has 1 heterocycles. The number of benzene rings is 2. The predicted octanol–water partition coefficient (Wildman–Crippen LogP) is 3.80. The van der Waals surface area contributed by atoms with Crippen LogP contribution in [0.4, 0.5) is 0 Å². The van der Waals surface area contributed by atoms with E-state index >= 15 is 0 Å². The van der Waals surface area contributed by atoms with Gasteiger partial charge in [-0.3, -0.25) is 4.79 Å². The van der Waals surface area contributed by atoms with Crippen LogP contribution in [0.15, 0.2) is 48.5 Å². The van der Waals surface area contributed by atoms with E-state index in [0.29, 0.717) is 19.0 Å². The maximum atomic E-state index is 12.4. The van der Waals surface area contributed by atoms with Gasteiger partial charge in [-0.1, -0.05) is 60.7 Å². The second-order valence-corrected chi connectivity index (χ2v) is 7.48. The largest absolute Gasteiger partial charge is 0.326 e. The van der Waals surface area contributed by atoms with E-state index in [1.165, 1.54) is 22.3 Å². The lowest BCUT2D eigenvalue weighted by Crippen LogP contribution is -2.40. The van der Waals surface area contributed by atoms with Gasteiger partial charge in [0.25, 0.3) is 0 Å². The van der Waals surface area contributed by atoms with Crippen molar-refractivity contribution >= 4 is 18.1 Å². The highest BCUT2D eigenvalue weighted by molar-refractivity contribution is 5.79. The van der Waals surface area contributed by atoms with Crippen LogP contribution in [-0.2, 0) is 4.79 Å². The Hall–Kier alpha value is -2.90. The first-order chi connectivity index (χ1) is 13.8. The zero-order chi connectivity index (χ0) is 19.3. The van der Waals surface area contributed by atoms with Crippen LogP contribution in [-0.4, -0.2) is 36.5 Å². The molecular formula is C24H25N3O. The Labute approximate surface area is 166 Å². The van der Waals surface area contributed by atoms with Crippen LogP contribution < -0.4 is 5.32 Å². The van der Waals surface area contributed by atoms with E-state index in [9.17, 15) is 4.79 Å². The fourth-order valence-corrected chi connectivity index (χ4v) is 4.36. The van der Waals surface area contributed by atoms with Crippen molar-refractivity contribution in [2.75, 3.05) is 19.6 Å². The molecule has 1 fully saturated rings. The molecule has 0 aromatic heterocycles. The number of amides is 1. The Bertz CT molecular complexity index is 878. The molecule has 2 aromatic rings. The summed E-state index contributed by atoms with van der Waals surface area (Å²) in [4.78, 5) is 14.1. The minimum absolute atomic E-state index is 0.0346. The van der Waals surface area contributed by atoms with E-state index in [1.807, 2.05) is 0 Å². The number of nitrogens with zero attached hydrogens (tertiary/aromatic N) is 2. The highest BCUT2D eigenvalue weighted by atomic mass is 16.2. The van der Waals surface area contributed by atoms with Crippen LogP contribution in [0.3, 0.4) is 0 Å². The quantitative estimate of drug-likeness (QED) is 0.814. The molecule has 4 nitrogen and oxygen atoms in total. The Morgan fingerprint density at radius 3 is 2.36 bits per heavy atom. The third-order valence-corrected chi connectivity index (χ3v) is 5.79. The number of carbonyl (C=O) groups excluding carboxylic acids is 1. The fraction of sp³-hybridized carbons (Fsp3) is 0.333. The summed E-state index contributed by atoms with van der Waals surface area (Å²) in [5, 5.41) is 12.5. The topological polar surface area (TPSA) is 56.1 Å². The molecule has 0 bridgehead atoms. The standard InChI is InChI=1S/C24H25N3O/c25-16-20-8-5-15-27(20)24(28)17-26-14-13-23-21-9-3-1-6-18(21)11-12-19-7-2-4-10-22(19)23/h1-4,6-7,9-12,20,23,26H,5,8,13-15,17H2/t20-/m0/s1. The number of fused-ring (bicyclic) bond motifs is 2. The van der Waals surface area contributed by atoms with E-state index in [1.54, 1.807) is 4.90 Å². The summed E-state index contributed by atoms with van der Waals surface area (Å²) in [6, 6.07) is 19.1. The molecule has 1 aliphatic carbocycles. The smallest absolute Gasteiger partial charge is 0.237 e. The lowest BCUT2D eigenvalue weighted by atomic mass is 9.85. The first-order valence-corrected chi connectivity index (χ1v) is 10.0. The molecule has 1 aliphatic heterocycles. The summed E-state index contributed by atoms with van der Waals surface area (Å²) in [5.74, 6) is 0.330.